The molecule has 4 aromatic rings. The maximum atomic E-state index is 10.3. The quantitative estimate of drug-likeness (QED) is 0.212. The van der Waals surface area contributed by atoms with Crippen LogP contribution in [0.2, 0.25) is 0 Å². The van der Waals surface area contributed by atoms with Crippen LogP contribution < -0.4 is 4.74 Å². The molecule has 0 spiro atoms. The lowest BCUT2D eigenvalue weighted by Crippen LogP contribution is -2.28. The van der Waals surface area contributed by atoms with Crippen LogP contribution in [-0.2, 0) is 16.8 Å². The van der Waals surface area contributed by atoms with Gasteiger partial charge in [0.15, 0.2) is 0 Å². The highest BCUT2D eigenvalue weighted by molar-refractivity contribution is 5.86. The minimum Gasteiger partial charge on any atom is -0.491 e. The third-order valence-electron chi connectivity index (χ3n) is 6.58. The number of nitrogens with zero attached hydrogens (tertiary/aromatic N) is 1. The molecule has 0 amide bonds. The number of rotatable bonds is 10. The fourth-order valence-electron chi connectivity index (χ4n) is 5.13. The summed E-state index contributed by atoms with van der Waals surface area (Å²) in [5.41, 5.74) is 7.82. The van der Waals surface area contributed by atoms with Crippen molar-refractivity contribution >= 4 is 0 Å². The van der Waals surface area contributed by atoms with Gasteiger partial charge >= 0.3 is 0 Å². The Labute approximate surface area is 205 Å². The number of hydrogen-bond acceptors (Lipinski definition) is 5. The van der Waals surface area contributed by atoms with Gasteiger partial charge in [-0.15, -0.1) is 0 Å². The molecular formula is C30H27NO4. The number of aliphatic hydroxyl groups is 1. The Morgan fingerprint density at radius 2 is 1.29 bits per heavy atom. The Hall–Kier alpha value is -3.80. The van der Waals surface area contributed by atoms with E-state index >= 15 is 0 Å². The summed E-state index contributed by atoms with van der Waals surface area (Å²) in [6, 6.07) is 33.9. The monoisotopic (exact) mass is 465 g/mol. The second kappa shape index (κ2) is 10.2. The first kappa shape index (κ1) is 23.0. The second-order valence-electron chi connectivity index (χ2n) is 8.54. The third-order valence-corrected chi connectivity index (χ3v) is 6.58. The van der Waals surface area contributed by atoms with Gasteiger partial charge in [0.2, 0.25) is 0 Å². The minimum atomic E-state index is -0.483. The molecule has 1 aliphatic rings. The van der Waals surface area contributed by atoms with Crippen molar-refractivity contribution in [2.24, 2.45) is 5.18 Å². The molecule has 0 aromatic heterocycles. The van der Waals surface area contributed by atoms with Gasteiger partial charge in [0.05, 0.1) is 25.2 Å². The van der Waals surface area contributed by atoms with Crippen molar-refractivity contribution < 1.29 is 14.6 Å². The minimum absolute atomic E-state index is 0.0197. The van der Waals surface area contributed by atoms with Gasteiger partial charge < -0.3 is 14.6 Å². The predicted octanol–water partition coefficient (Wildman–Crippen LogP) is 5.70. The van der Waals surface area contributed by atoms with Crippen LogP contribution in [0.15, 0.2) is 102 Å². The number of hydrogen-bond donors (Lipinski definition) is 1. The first-order valence-corrected chi connectivity index (χ1v) is 11.8. The molecule has 35 heavy (non-hydrogen) atoms. The van der Waals surface area contributed by atoms with Crippen LogP contribution in [0.4, 0.5) is 0 Å². The molecule has 0 fully saturated rings. The van der Waals surface area contributed by atoms with Gasteiger partial charge in [-0.1, -0.05) is 90.1 Å². The van der Waals surface area contributed by atoms with Crippen molar-refractivity contribution in [2.45, 2.75) is 12.0 Å². The van der Waals surface area contributed by atoms with Crippen molar-refractivity contribution in [2.75, 3.05) is 26.4 Å². The molecule has 5 nitrogen and oxygen atoms in total. The van der Waals surface area contributed by atoms with E-state index in [0.717, 1.165) is 22.4 Å². The topological polar surface area (TPSA) is 68.1 Å². The zero-order valence-corrected chi connectivity index (χ0v) is 19.4. The Kier molecular flexibility index (Phi) is 6.70. The average molecular weight is 466 g/mol. The summed E-state index contributed by atoms with van der Waals surface area (Å²) < 4.78 is 11.2. The van der Waals surface area contributed by atoms with Gasteiger partial charge in [-0.2, -0.15) is 4.91 Å². The number of aliphatic hydroxyl groups excluding tert-OH is 1. The molecule has 0 saturated carbocycles. The molecule has 5 rings (SSSR count). The molecular weight excluding hydrogens is 438 g/mol. The summed E-state index contributed by atoms with van der Waals surface area (Å²) in [5.74, 6) is 0.731. The molecule has 0 radical (unpaired) electrons. The maximum Gasteiger partial charge on any atom is 0.119 e. The third kappa shape index (κ3) is 4.14. The zero-order valence-electron chi connectivity index (χ0n) is 19.4. The van der Waals surface area contributed by atoms with Crippen LogP contribution >= 0.6 is 0 Å². The highest BCUT2D eigenvalue weighted by atomic mass is 16.5. The van der Waals surface area contributed by atoms with Crippen molar-refractivity contribution in [1.29, 1.82) is 0 Å². The normalized spacial score (nSPS) is 13.2. The van der Waals surface area contributed by atoms with Crippen molar-refractivity contribution in [3.8, 4) is 16.9 Å². The van der Waals surface area contributed by atoms with E-state index in [2.05, 4.69) is 90.1 Å². The molecule has 0 bridgehead atoms. The van der Waals surface area contributed by atoms with E-state index in [0.29, 0.717) is 13.2 Å². The van der Waals surface area contributed by atoms with Crippen LogP contribution in [0.25, 0.3) is 11.1 Å². The molecule has 0 unspecified atom stereocenters. The molecule has 0 heterocycles. The van der Waals surface area contributed by atoms with Gasteiger partial charge in [0, 0.05) is 0 Å². The first-order chi connectivity index (χ1) is 17.3. The van der Waals surface area contributed by atoms with Crippen LogP contribution in [0.1, 0.15) is 27.8 Å². The van der Waals surface area contributed by atoms with Crippen molar-refractivity contribution in [3.05, 3.63) is 130 Å². The molecule has 4 aromatic carbocycles. The largest absolute Gasteiger partial charge is 0.491 e. The van der Waals surface area contributed by atoms with Crippen molar-refractivity contribution in [1.82, 2.24) is 0 Å². The lowest BCUT2D eigenvalue weighted by Gasteiger charge is -2.34. The number of fused-ring (bicyclic) bond motifs is 3. The molecule has 1 N–H and O–H groups in total. The standard InChI is InChI=1S/C30H27NO4/c32-18-20-35-25-15-13-24(14-16-25)30(23-11-9-22(10-12-23)21-34-19-17-31-33)28-7-3-1-5-26(28)27-6-2-4-8-29(27)30/h1-16,32H,17-21H2. The molecule has 0 saturated heterocycles. The lowest BCUT2D eigenvalue weighted by molar-refractivity contribution is 0.128. The van der Waals surface area contributed by atoms with Crippen LogP contribution in [0.3, 0.4) is 0 Å². The van der Waals surface area contributed by atoms with E-state index in [1.165, 1.54) is 22.3 Å². The van der Waals surface area contributed by atoms with E-state index in [-0.39, 0.29) is 19.8 Å². The first-order valence-electron chi connectivity index (χ1n) is 11.8. The van der Waals surface area contributed by atoms with Gasteiger partial charge in [-0.25, -0.2) is 0 Å². The highest BCUT2D eigenvalue weighted by Crippen LogP contribution is 2.56. The van der Waals surface area contributed by atoms with E-state index in [4.69, 9.17) is 14.6 Å². The second-order valence-corrected chi connectivity index (χ2v) is 8.54. The summed E-state index contributed by atoms with van der Waals surface area (Å²) in [5, 5.41) is 12.0. The van der Waals surface area contributed by atoms with Gasteiger partial charge in [0.1, 0.15) is 18.9 Å². The summed E-state index contributed by atoms with van der Waals surface area (Å²) in [6.45, 7) is 1.16. The summed E-state index contributed by atoms with van der Waals surface area (Å²) in [6.07, 6.45) is 0. The van der Waals surface area contributed by atoms with E-state index in [1.807, 2.05) is 12.1 Å². The van der Waals surface area contributed by atoms with E-state index in [9.17, 15) is 4.91 Å². The Morgan fingerprint density at radius 3 is 1.86 bits per heavy atom. The van der Waals surface area contributed by atoms with Crippen LogP contribution in [0.5, 0.6) is 5.75 Å². The summed E-state index contributed by atoms with van der Waals surface area (Å²) in [4.78, 5) is 10.3. The Bertz CT molecular complexity index is 1250. The zero-order chi connectivity index (χ0) is 24.1. The summed E-state index contributed by atoms with van der Waals surface area (Å²) >= 11 is 0. The molecule has 176 valence electrons. The number of nitroso groups, excluding NO2 is 1. The van der Waals surface area contributed by atoms with Gasteiger partial charge in [-0.05, 0) is 51.1 Å². The molecule has 5 heteroatoms. The molecule has 1 aliphatic carbocycles. The van der Waals surface area contributed by atoms with Crippen molar-refractivity contribution in [3.63, 3.8) is 0 Å². The van der Waals surface area contributed by atoms with Crippen LogP contribution in [-0.4, -0.2) is 31.5 Å². The number of benzene rings is 4. The van der Waals surface area contributed by atoms with Crippen LogP contribution in [0, 0.1) is 4.91 Å². The average Bonchev–Trinajstić information content (AvgIpc) is 3.22. The summed E-state index contributed by atoms with van der Waals surface area (Å²) in [7, 11) is 0. The fraction of sp³-hybridized carbons (Fsp3) is 0.200. The van der Waals surface area contributed by atoms with E-state index in [1.54, 1.807) is 0 Å². The fourth-order valence-corrected chi connectivity index (χ4v) is 5.13. The molecule has 0 aliphatic heterocycles. The SMILES string of the molecule is O=NCCOCc1ccc(C2(c3ccc(OCCO)cc3)c3ccccc3-c3ccccc32)cc1. The van der Waals surface area contributed by atoms with Gasteiger partial charge in [-0.3, -0.25) is 0 Å². The van der Waals surface area contributed by atoms with Gasteiger partial charge in [0.25, 0.3) is 0 Å². The predicted molar refractivity (Wildman–Crippen MR) is 137 cm³/mol. The number of ether oxygens (including phenoxy) is 2. The smallest absolute Gasteiger partial charge is 0.119 e. The Morgan fingerprint density at radius 1 is 0.714 bits per heavy atom. The van der Waals surface area contributed by atoms with E-state index < -0.39 is 5.41 Å². The highest BCUT2D eigenvalue weighted by Gasteiger charge is 2.45. The molecule has 0 atom stereocenters. The Balaban J connectivity index is 1.64. The lowest BCUT2D eigenvalue weighted by atomic mass is 9.67. The maximum absolute atomic E-state index is 10.3.